The first-order valence-corrected chi connectivity index (χ1v) is 12.0. The predicted octanol–water partition coefficient (Wildman–Crippen LogP) is 7.13. The Kier molecular flexibility index (Phi) is 8.98. The molecule has 1 aliphatic carbocycles. The molecule has 4 heteroatoms. The Labute approximate surface area is 181 Å². The fourth-order valence-electron chi connectivity index (χ4n) is 4.92. The number of rotatable bonds is 12. The van der Waals surface area contributed by atoms with Gasteiger partial charge in [0.15, 0.2) is 0 Å². The van der Waals surface area contributed by atoms with Gasteiger partial charge in [0.1, 0.15) is 5.75 Å². The molecule has 0 saturated heterocycles. The average Bonchev–Trinajstić information content (AvgIpc) is 3.24. The van der Waals surface area contributed by atoms with Crippen molar-refractivity contribution < 1.29 is 9.53 Å². The third-order valence-corrected chi connectivity index (χ3v) is 6.64. The van der Waals surface area contributed by atoms with Crippen molar-refractivity contribution in [3.63, 3.8) is 0 Å². The van der Waals surface area contributed by atoms with E-state index in [2.05, 4.69) is 17.2 Å². The normalized spacial score (nSPS) is 18.6. The monoisotopic (exact) mass is 410 g/mol. The molecule has 0 radical (unpaired) electrons. The van der Waals surface area contributed by atoms with Crippen LogP contribution in [0.25, 0.3) is 10.9 Å². The molecule has 0 bridgehead atoms. The third kappa shape index (κ3) is 5.96. The van der Waals surface area contributed by atoms with E-state index in [1.165, 1.54) is 64.2 Å². The number of carbonyl (C=O) groups is 1. The molecule has 4 nitrogen and oxygen atoms in total. The Morgan fingerprint density at radius 1 is 1.07 bits per heavy atom. The molecular formula is C26H38N2O2. The van der Waals surface area contributed by atoms with Crippen molar-refractivity contribution in [1.82, 2.24) is 4.98 Å². The van der Waals surface area contributed by atoms with Crippen LogP contribution in [0, 0.1) is 11.8 Å². The highest BCUT2D eigenvalue weighted by atomic mass is 16.5. The van der Waals surface area contributed by atoms with E-state index in [4.69, 9.17) is 4.74 Å². The lowest BCUT2D eigenvalue weighted by Gasteiger charge is -2.20. The van der Waals surface area contributed by atoms with Gasteiger partial charge < -0.3 is 10.1 Å². The lowest BCUT2D eigenvalue weighted by Crippen LogP contribution is -2.26. The molecular weight excluding hydrogens is 372 g/mol. The number of fused-ring (bicyclic) bond motifs is 1. The van der Waals surface area contributed by atoms with Crippen molar-refractivity contribution in [1.29, 1.82) is 0 Å². The van der Waals surface area contributed by atoms with Crippen LogP contribution in [0.4, 0.5) is 5.69 Å². The van der Waals surface area contributed by atoms with Crippen LogP contribution in [0.15, 0.2) is 30.5 Å². The minimum atomic E-state index is 0.117. The molecule has 3 rings (SSSR count). The predicted molar refractivity (Wildman–Crippen MR) is 125 cm³/mol. The number of ether oxygens (including phenoxy) is 1. The van der Waals surface area contributed by atoms with E-state index >= 15 is 0 Å². The van der Waals surface area contributed by atoms with E-state index in [0.29, 0.717) is 11.7 Å². The average molecular weight is 411 g/mol. The summed E-state index contributed by atoms with van der Waals surface area (Å²) >= 11 is 0. The number of hydrogen-bond acceptors (Lipinski definition) is 3. The van der Waals surface area contributed by atoms with Crippen LogP contribution in [0.2, 0.25) is 0 Å². The van der Waals surface area contributed by atoms with E-state index in [1.54, 1.807) is 13.3 Å². The van der Waals surface area contributed by atoms with Crippen molar-refractivity contribution in [2.45, 2.75) is 84.0 Å². The first-order chi connectivity index (χ1) is 14.7. The summed E-state index contributed by atoms with van der Waals surface area (Å²) in [6, 6.07) is 7.72. The zero-order valence-electron chi connectivity index (χ0n) is 18.8. The highest BCUT2D eigenvalue weighted by Gasteiger charge is 2.33. The number of nitrogens with zero attached hydrogens (tertiary/aromatic N) is 1. The highest BCUT2D eigenvalue weighted by Crippen LogP contribution is 2.38. The summed E-state index contributed by atoms with van der Waals surface area (Å²) in [4.78, 5) is 17.6. The van der Waals surface area contributed by atoms with Gasteiger partial charge in [-0.25, -0.2) is 0 Å². The lowest BCUT2D eigenvalue weighted by molar-refractivity contribution is -0.120. The number of methoxy groups -OCH3 is 1. The molecule has 1 aromatic carbocycles. The number of nitrogens with one attached hydrogen (secondary N) is 1. The topological polar surface area (TPSA) is 51.2 Å². The second-order valence-corrected chi connectivity index (χ2v) is 8.76. The molecule has 2 unspecified atom stereocenters. The first-order valence-electron chi connectivity index (χ1n) is 12.0. The maximum Gasteiger partial charge on any atom is 0.227 e. The number of amides is 1. The van der Waals surface area contributed by atoms with E-state index < -0.39 is 0 Å². The fraction of sp³-hybridized carbons (Fsp3) is 0.615. The maximum atomic E-state index is 13.2. The number of unbranched alkanes of at least 4 members (excludes halogenated alkanes) is 7. The van der Waals surface area contributed by atoms with E-state index in [-0.39, 0.29) is 11.8 Å². The number of benzene rings is 1. The Hall–Kier alpha value is -2.10. The number of hydrogen-bond donors (Lipinski definition) is 1. The highest BCUT2D eigenvalue weighted by molar-refractivity contribution is 6.04. The third-order valence-electron chi connectivity index (χ3n) is 6.64. The summed E-state index contributed by atoms with van der Waals surface area (Å²) in [6.07, 6.45) is 17.0. The van der Waals surface area contributed by atoms with Crippen molar-refractivity contribution in [3.8, 4) is 5.75 Å². The molecule has 164 valence electrons. The van der Waals surface area contributed by atoms with Crippen LogP contribution in [0.3, 0.4) is 0 Å². The molecule has 30 heavy (non-hydrogen) atoms. The number of aromatic nitrogens is 1. The lowest BCUT2D eigenvalue weighted by atomic mass is 9.89. The van der Waals surface area contributed by atoms with Crippen LogP contribution < -0.4 is 10.1 Å². The van der Waals surface area contributed by atoms with E-state index in [9.17, 15) is 4.79 Å². The number of anilines is 1. The van der Waals surface area contributed by atoms with Gasteiger partial charge in [-0.15, -0.1) is 0 Å². The Bertz CT molecular complexity index is 805. The minimum Gasteiger partial charge on any atom is -0.495 e. The van der Waals surface area contributed by atoms with Crippen molar-refractivity contribution in [2.75, 3.05) is 12.4 Å². The van der Waals surface area contributed by atoms with Crippen molar-refractivity contribution in [3.05, 3.63) is 30.5 Å². The molecule has 1 fully saturated rings. The summed E-state index contributed by atoms with van der Waals surface area (Å²) in [6.45, 7) is 2.27. The molecule has 1 saturated carbocycles. The Morgan fingerprint density at radius 2 is 1.83 bits per heavy atom. The van der Waals surface area contributed by atoms with Crippen molar-refractivity contribution >= 4 is 22.5 Å². The Morgan fingerprint density at radius 3 is 2.60 bits per heavy atom. The summed E-state index contributed by atoms with van der Waals surface area (Å²) in [5.74, 6) is 1.48. The molecule has 1 N–H and O–H groups in total. The summed E-state index contributed by atoms with van der Waals surface area (Å²) in [7, 11) is 1.65. The fourth-order valence-corrected chi connectivity index (χ4v) is 4.92. The molecule has 0 aliphatic heterocycles. The van der Waals surface area contributed by atoms with Crippen LogP contribution in [-0.2, 0) is 4.79 Å². The second kappa shape index (κ2) is 11.9. The maximum absolute atomic E-state index is 13.2. The molecule has 1 heterocycles. The van der Waals surface area contributed by atoms with Gasteiger partial charge in [-0.2, -0.15) is 0 Å². The minimum absolute atomic E-state index is 0.117. The smallest absolute Gasteiger partial charge is 0.227 e. The molecule has 2 aromatic rings. The van der Waals surface area contributed by atoms with Crippen LogP contribution >= 0.6 is 0 Å². The van der Waals surface area contributed by atoms with Gasteiger partial charge in [0.25, 0.3) is 0 Å². The Balaban J connectivity index is 1.53. The van der Waals surface area contributed by atoms with Crippen LogP contribution in [0.1, 0.15) is 84.0 Å². The summed E-state index contributed by atoms with van der Waals surface area (Å²) in [5.41, 5.74) is 1.63. The molecule has 1 aliphatic rings. The zero-order chi connectivity index (χ0) is 21.2. The van der Waals surface area contributed by atoms with Gasteiger partial charge >= 0.3 is 0 Å². The SMILES string of the molecule is CCCCCCCCCCC1CCCC1C(=O)Nc1c(OC)ccc2ncccc12. The first kappa shape index (κ1) is 22.6. The summed E-state index contributed by atoms with van der Waals surface area (Å²) < 4.78 is 5.53. The summed E-state index contributed by atoms with van der Waals surface area (Å²) in [5, 5.41) is 4.14. The van der Waals surface area contributed by atoms with E-state index in [0.717, 1.165) is 29.4 Å². The van der Waals surface area contributed by atoms with Crippen molar-refractivity contribution in [2.24, 2.45) is 11.8 Å². The number of pyridine rings is 1. The molecule has 0 spiro atoms. The van der Waals surface area contributed by atoms with Gasteiger partial charge in [0.05, 0.1) is 18.3 Å². The van der Waals surface area contributed by atoms with E-state index in [1.807, 2.05) is 24.3 Å². The van der Waals surface area contributed by atoms with Crippen LogP contribution in [0.5, 0.6) is 5.75 Å². The molecule has 1 amide bonds. The van der Waals surface area contributed by atoms with Gasteiger partial charge in [-0.1, -0.05) is 64.7 Å². The van der Waals surface area contributed by atoms with Gasteiger partial charge in [-0.05, 0) is 49.4 Å². The number of carbonyl (C=O) groups excluding carboxylic acids is 1. The molecule has 1 aromatic heterocycles. The zero-order valence-corrected chi connectivity index (χ0v) is 18.8. The van der Waals surface area contributed by atoms with Gasteiger partial charge in [0, 0.05) is 17.5 Å². The van der Waals surface area contributed by atoms with Gasteiger partial charge in [0.2, 0.25) is 5.91 Å². The standard InChI is InChI=1S/C26H38N2O2/c1-3-4-5-6-7-8-9-10-13-20-14-11-15-21(20)26(29)28-25-22-16-12-19-27-23(22)17-18-24(25)30-2/h12,16-21H,3-11,13-15H2,1-2H3,(H,28,29). The van der Waals surface area contributed by atoms with Gasteiger partial charge in [-0.3, -0.25) is 9.78 Å². The largest absolute Gasteiger partial charge is 0.495 e. The molecule has 2 atom stereocenters. The second-order valence-electron chi connectivity index (χ2n) is 8.76. The van der Waals surface area contributed by atoms with Crippen LogP contribution in [-0.4, -0.2) is 18.0 Å². The quantitative estimate of drug-likeness (QED) is 0.379.